The van der Waals surface area contributed by atoms with Crippen LogP contribution in [0.25, 0.3) is 0 Å². The van der Waals surface area contributed by atoms with Crippen molar-refractivity contribution in [2.24, 2.45) is 7.05 Å². The first kappa shape index (κ1) is 10.5. The van der Waals surface area contributed by atoms with Gasteiger partial charge >= 0.3 is 0 Å². The molecule has 2 aromatic rings. The Morgan fingerprint density at radius 3 is 2.88 bits per heavy atom. The highest BCUT2D eigenvalue weighted by molar-refractivity contribution is 5.96. The Bertz CT molecular complexity index is 518. The van der Waals surface area contributed by atoms with Gasteiger partial charge in [0.05, 0.1) is 6.42 Å². The van der Waals surface area contributed by atoms with Crippen LogP contribution in [-0.2, 0) is 13.5 Å². The van der Waals surface area contributed by atoms with Gasteiger partial charge in [0.2, 0.25) is 0 Å². The van der Waals surface area contributed by atoms with E-state index in [1.807, 2.05) is 13.0 Å². The summed E-state index contributed by atoms with van der Waals surface area (Å²) < 4.78 is 1.60. The molecule has 5 heteroatoms. The number of ketones is 1. The van der Waals surface area contributed by atoms with Crippen molar-refractivity contribution in [3.8, 4) is 0 Å². The minimum Gasteiger partial charge on any atom is -0.294 e. The summed E-state index contributed by atoms with van der Waals surface area (Å²) in [5.41, 5.74) is 1.59. The van der Waals surface area contributed by atoms with Crippen molar-refractivity contribution >= 4 is 5.78 Å². The summed E-state index contributed by atoms with van der Waals surface area (Å²) in [4.78, 5) is 19.9. The van der Waals surface area contributed by atoms with E-state index in [2.05, 4.69) is 15.1 Å². The van der Waals surface area contributed by atoms with E-state index >= 15 is 0 Å². The number of aromatic nitrogens is 4. The second kappa shape index (κ2) is 4.22. The molecule has 2 rings (SSSR count). The molecule has 5 nitrogen and oxygen atoms in total. The van der Waals surface area contributed by atoms with Crippen molar-refractivity contribution in [2.45, 2.75) is 13.3 Å². The van der Waals surface area contributed by atoms with E-state index in [-0.39, 0.29) is 12.2 Å². The van der Waals surface area contributed by atoms with Gasteiger partial charge in [-0.2, -0.15) is 5.10 Å². The van der Waals surface area contributed by atoms with Gasteiger partial charge in [-0.15, -0.1) is 0 Å². The van der Waals surface area contributed by atoms with Crippen LogP contribution in [0.2, 0.25) is 0 Å². The summed E-state index contributed by atoms with van der Waals surface area (Å²) >= 11 is 0. The first-order chi connectivity index (χ1) is 7.66. The number of pyridine rings is 1. The molecule has 0 spiro atoms. The lowest BCUT2D eigenvalue weighted by Gasteiger charge is -2.01. The molecule has 0 amide bonds. The summed E-state index contributed by atoms with van der Waals surface area (Å²) in [6, 6.07) is 1.83. The van der Waals surface area contributed by atoms with Gasteiger partial charge in [0, 0.05) is 25.0 Å². The molecule has 82 valence electrons. The molecule has 0 radical (unpaired) electrons. The van der Waals surface area contributed by atoms with Gasteiger partial charge in [-0.05, 0) is 18.6 Å². The zero-order chi connectivity index (χ0) is 11.5. The van der Waals surface area contributed by atoms with Gasteiger partial charge in [0.1, 0.15) is 12.2 Å². The number of aryl methyl sites for hydroxylation is 2. The number of hydrogen-bond acceptors (Lipinski definition) is 4. The molecule has 2 heterocycles. The monoisotopic (exact) mass is 216 g/mol. The zero-order valence-electron chi connectivity index (χ0n) is 9.21. The summed E-state index contributed by atoms with van der Waals surface area (Å²) in [5, 5.41) is 3.92. The van der Waals surface area contributed by atoms with Crippen molar-refractivity contribution in [1.82, 2.24) is 19.7 Å². The summed E-state index contributed by atoms with van der Waals surface area (Å²) in [6.45, 7) is 1.91. The van der Waals surface area contributed by atoms with Gasteiger partial charge < -0.3 is 0 Å². The van der Waals surface area contributed by atoms with Crippen LogP contribution in [0, 0.1) is 6.92 Å². The maximum absolute atomic E-state index is 11.9. The average Bonchev–Trinajstić information content (AvgIpc) is 2.64. The first-order valence-electron chi connectivity index (χ1n) is 4.94. The van der Waals surface area contributed by atoms with Gasteiger partial charge in [-0.1, -0.05) is 0 Å². The molecule has 0 saturated heterocycles. The quantitative estimate of drug-likeness (QED) is 0.716. The summed E-state index contributed by atoms with van der Waals surface area (Å²) in [7, 11) is 1.77. The highest BCUT2D eigenvalue weighted by Gasteiger charge is 2.10. The number of hydrogen-bond donors (Lipinski definition) is 0. The Kier molecular flexibility index (Phi) is 2.76. The van der Waals surface area contributed by atoms with Crippen LogP contribution in [0.15, 0.2) is 24.8 Å². The third-order valence-electron chi connectivity index (χ3n) is 2.32. The molecule has 16 heavy (non-hydrogen) atoms. The predicted molar refractivity (Wildman–Crippen MR) is 58.0 cm³/mol. The zero-order valence-corrected chi connectivity index (χ0v) is 9.21. The molecule has 0 atom stereocenters. The van der Waals surface area contributed by atoms with Crippen LogP contribution in [-0.4, -0.2) is 25.5 Å². The lowest BCUT2D eigenvalue weighted by atomic mass is 10.1. The van der Waals surface area contributed by atoms with Crippen LogP contribution in [0.3, 0.4) is 0 Å². The smallest absolute Gasteiger partial charge is 0.171 e. The van der Waals surface area contributed by atoms with Crippen molar-refractivity contribution in [3.63, 3.8) is 0 Å². The molecule has 0 aromatic carbocycles. The van der Waals surface area contributed by atoms with Gasteiger partial charge in [-0.3, -0.25) is 14.5 Å². The van der Waals surface area contributed by atoms with Crippen molar-refractivity contribution in [3.05, 3.63) is 41.7 Å². The Balaban J connectivity index is 2.18. The molecular formula is C11H12N4O. The number of Topliss-reactive ketones (excluding diaryl/α,β-unsaturated/α-hetero) is 1. The van der Waals surface area contributed by atoms with Crippen LogP contribution >= 0.6 is 0 Å². The molecular weight excluding hydrogens is 204 g/mol. The number of carbonyl (C=O) groups is 1. The second-order valence-electron chi connectivity index (χ2n) is 3.65. The molecule has 0 aliphatic rings. The molecule has 0 saturated carbocycles. The standard InChI is InChI=1S/C11H12N4O/c1-8-3-9(6-12-5-8)10(16)4-11-13-7-14-15(11)2/h3,5-7H,4H2,1-2H3. The first-order valence-corrected chi connectivity index (χ1v) is 4.94. The molecule has 0 fully saturated rings. The van der Waals surface area contributed by atoms with E-state index in [4.69, 9.17) is 0 Å². The molecule has 0 unspecified atom stereocenters. The maximum Gasteiger partial charge on any atom is 0.171 e. The Labute approximate surface area is 93.2 Å². The third kappa shape index (κ3) is 2.13. The molecule has 2 aromatic heterocycles. The molecule has 0 aliphatic carbocycles. The van der Waals surface area contributed by atoms with Crippen LogP contribution < -0.4 is 0 Å². The molecule has 0 N–H and O–H groups in total. The van der Waals surface area contributed by atoms with Crippen molar-refractivity contribution in [1.29, 1.82) is 0 Å². The average molecular weight is 216 g/mol. The lowest BCUT2D eigenvalue weighted by Crippen LogP contribution is -2.09. The normalized spacial score (nSPS) is 10.4. The van der Waals surface area contributed by atoms with Gasteiger partial charge in [0.15, 0.2) is 5.78 Å². The Hall–Kier alpha value is -2.04. The minimum atomic E-state index is 0.00676. The number of nitrogens with zero attached hydrogens (tertiary/aromatic N) is 4. The maximum atomic E-state index is 11.9. The largest absolute Gasteiger partial charge is 0.294 e. The van der Waals surface area contributed by atoms with Crippen LogP contribution in [0.1, 0.15) is 21.7 Å². The summed E-state index contributed by atoms with van der Waals surface area (Å²) in [6.07, 6.45) is 4.99. The van der Waals surface area contributed by atoms with Crippen molar-refractivity contribution < 1.29 is 4.79 Å². The molecule has 0 bridgehead atoms. The lowest BCUT2D eigenvalue weighted by molar-refractivity contribution is 0.0989. The topological polar surface area (TPSA) is 60.7 Å². The Morgan fingerprint density at radius 1 is 1.44 bits per heavy atom. The predicted octanol–water partition coefficient (Wildman–Crippen LogP) is 0.944. The minimum absolute atomic E-state index is 0.00676. The van der Waals surface area contributed by atoms with E-state index in [1.54, 1.807) is 24.1 Å². The highest BCUT2D eigenvalue weighted by atomic mass is 16.1. The van der Waals surface area contributed by atoms with E-state index < -0.39 is 0 Å². The number of rotatable bonds is 3. The Morgan fingerprint density at radius 2 is 2.25 bits per heavy atom. The SMILES string of the molecule is Cc1cncc(C(=O)Cc2ncnn2C)c1. The van der Waals surface area contributed by atoms with Gasteiger partial charge in [0.25, 0.3) is 0 Å². The summed E-state index contributed by atoms with van der Waals surface area (Å²) in [5.74, 6) is 0.666. The van der Waals surface area contributed by atoms with E-state index in [9.17, 15) is 4.79 Å². The fourth-order valence-electron chi connectivity index (χ4n) is 1.43. The van der Waals surface area contributed by atoms with E-state index in [0.29, 0.717) is 11.4 Å². The van der Waals surface area contributed by atoms with E-state index in [1.165, 1.54) is 6.33 Å². The third-order valence-corrected chi connectivity index (χ3v) is 2.32. The highest BCUT2D eigenvalue weighted by Crippen LogP contribution is 2.05. The number of carbonyl (C=O) groups excluding carboxylic acids is 1. The van der Waals surface area contributed by atoms with E-state index in [0.717, 1.165) is 5.56 Å². The van der Waals surface area contributed by atoms with Crippen LogP contribution in [0.4, 0.5) is 0 Å². The molecule has 0 aliphatic heterocycles. The van der Waals surface area contributed by atoms with Crippen molar-refractivity contribution in [2.75, 3.05) is 0 Å². The van der Waals surface area contributed by atoms with Crippen LogP contribution in [0.5, 0.6) is 0 Å². The van der Waals surface area contributed by atoms with Gasteiger partial charge in [-0.25, -0.2) is 4.98 Å². The fourth-order valence-corrected chi connectivity index (χ4v) is 1.43. The second-order valence-corrected chi connectivity index (χ2v) is 3.65. The fraction of sp³-hybridized carbons (Fsp3) is 0.273.